The van der Waals surface area contributed by atoms with Crippen LogP contribution in [0.4, 0.5) is 5.00 Å². The molecule has 138 valence electrons. The second-order valence-electron chi connectivity index (χ2n) is 4.80. The van der Waals surface area contributed by atoms with Gasteiger partial charge in [0.1, 0.15) is 5.00 Å². The number of aliphatic carboxylic acids is 1. The molecule has 0 aliphatic carbocycles. The lowest BCUT2D eigenvalue weighted by atomic mass is 10.3. The maximum absolute atomic E-state index is 12.2. The number of carbonyl (C=O) groups excluding carboxylic acids is 1. The number of carbonyl (C=O) groups is 3. The number of sulfonamides is 1. The van der Waals surface area contributed by atoms with Gasteiger partial charge in [-0.2, -0.15) is 0 Å². The third-order valence-corrected chi connectivity index (χ3v) is 5.71. The minimum atomic E-state index is -3.87. The van der Waals surface area contributed by atoms with Gasteiger partial charge >= 0.3 is 17.8 Å². The number of anilines is 1. The van der Waals surface area contributed by atoms with Gasteiger partial charge in [0.25, 0.3) is 0 Å². The Labute approximate surface area is 156 Å². The Morgan fingerprint density at radius 1 is 1.12 bits per heavy atom. The Morgan fingerprint density at radius 2 is 1.73 bits per heavy atom. The van der Waals surface area contributed by atoms with Crippen molar-refractivity contribution in [1.82, 2.24) is 4.72 Å². The van der Waals surface area contributed by atoms with Crippen LogP contribution in [-0.4, -0.2) is 36.5 Å². The SMILES string of the molecule is O=C(O)C(=O)Nc1sc(CNS(=O)(=O)c2ccc(Cl)cc2)cc1C(=O)O. The lowest BCUT2D eigenvalue weighted by molar-refractivity contribution is -0.147. The van der Waals surface area contributed by atoms with Crippen LogP contribution in [0.25, 0.3) is 0 Å². The molecule has 9 nitrogen and oxygen atoms in total. The van der Waals surface area contributed by atoms with Crippen molar-refractivity contribution in [1.29, 1.82) is 0 Å². The molecule has 2 aromatic rings. The van der Waals surface area contributed by atoms with Crippen LogP contribution in [0.3, 0.4) is 0 Å². The van der Waals surface area contributed by atoms with Gasteiger partial charge in [0.15, 0.2) is 0 Å². The van der Waals surface area contributed by atoms with Gasteiger partial charge in [-0.3, -0.25) is 4.79 Å². The summed E-state index contributed by atoms with van der Waals surface area (Å²) in [4.78, 5) is 33.2. The van der Waals surface area contributed by atoms with Gasteiger partial charge in [-0.05, 0) is 30.3 Å². The van der Waals surface area contributed by atoms with Crippen LogP contribution in [0.15, 0.2) is 35.2 Å². The summed E-state index contributed by atoms with van der Waals surface area (Å²) in [7, 11) is -3.87. The average molecular weight is 419 g/mol. The first-order chi connectivity index (χ1) is 12.1. The molecule has 4 N–H and O–H groups in total. The fourth-order valence-electron chi connectivity index (χ4n) is 1.80. The molecule has 26 heavy (non-hydrogen) atoms. The second kappa shape index (κ2) is 7.83. The van der Waals surface area contributed by atoms with E-state index < -0.39 is 27.9 Å². The van der Waals surface area contributed by atoms with E-state index in [4.69, 9.17) is 21.8 Å². The minimum Gasteiger partial charge on any atom is -0.478 e. The molecule has 2 rings (SSSR count). The van der Waals surface area contributed by atoms with Crippen molar-refractivity contribution in [3.05, 3.63) is 45.8 Å². The number of nitrogens with one attached hydrogen (secondary N) is 2. The van der Waals surface area contributed by atoms with Crippen molar-refractivity contribution in [2.75, 3.05) is 5.32 Å². The molecule has 0 unspecified atom stereocenters. The predicted octanol–water partition coefficient (Wildman–Crippen LogP) is 1.60. The second-order valence-corrected chi connectivity index (χ2v) is 8.14. The molecule has 0 fully saturated rings. The molecule has 0 spiro atoms. The van der Waals surface area contributed by atoms with Crippen molar-refractivity contribution >= 4 is 55.8 Å². The number of aromatic carboxylic acids is 1. The highest BCUT2D eigenvalue weighted by atomic mass is 35.5. The van der Waals surface area contributed by atoms with E-state index in [1.54, 1.807) is 0 Å². The summed E-state index contributed by atoms with van der Waals surface area (Å²) in [6.45, 7) is -0.251. The zero-order valence-electron chi connectivity index (χ0n) is 12.7. The van der Waals surface area contributed by atoms with Gasteiger partial charge in [-0.1, -0.05) is 11.6 Å². The van der Waals surface area contributed by atoms with E-state index in [1.165, 1.54) is 24.3 Å². The maximum Gasteiger partial charge on any atom is 0.394 e. The Balaban J connectivity index is 2.19. The molecule has 1 heterocycles. The Bertz CT molecular complexity index is 968. The minimum absolute atomic E-state index is 0.0312. The molecule has 12 heteroatoms. The largest absolute Gasteiger partial charge is 0.478 e. The summed E-state index contributed by atoms with van der Waals surface area (Å²) in [6.07, 6.45) is 0. The summed E-state index contributed by atoms with van der Waals surface area (Å²) in [6, 6.07) is 6.57. The van der Waals surface area contributed by atoms with Crippen LogP contribution in [0.2, 0.25) is 5.02 Å². The maximum atomic E-state index is 12.2. The molecule has 0 radical (unpaired) electrons. The molecule has 0 atom stereocenters. The quantitative estimate of drug-likeness (QED) is 0.520. The number of carboxylic acid groups (broad SMARTS) is 2. The lowest BCUT2D eigenvalue weighted by Gasteiger charge is -2.05. The van der Waals surface area contributed by atoms with Crippen LogP contribution in [0, 0.1) is 0 Å². The summed E-state index contributed by atoms with van der Waals surface area (Å²) in [5.74, 6) is -4.57. The number of hydrogen-bond acceptors (Lipinski definition) is 6. The molecule has 0 saturated heterocycles. The molecular weight excluding hydrogens is 408 g/mol. The Morgan fingerprint density at radius 3 is 2.27 bits per heavy atom. The van der Waals surface area contributed by atoms with Gasteiger partial charge in [0.2, 0.25) is 10.0 Å². The summed E-state index contributed by atoms with van der Waals surface area (Å²) in [5, 5.41) is 19.8. The first kappa shape index (κ1) is 19.8. The van der Waals surface area contributed by atoms with E-state index in [0.29, 0.717) is 5.02 Å². The number of amides is 1. The molecule has 1 aromatic heterocycles. The number of thiophene rings is 1. The number of benzene rings is 1. The predicted molar refractivity (Wildman–Crippen MR) is 93.0 cm³/mol. The van der Waals surface area contributed by atoms with Gasteiger partial charge in [-0.15, -0.1) is 11.3 Å². The third kappa shape index (κ3) is 4.79. The standard InChI is InChI=1S/C14H11ClN2O7S2/c15-7-1-3-9(4-2-7)26(23,24)16-6-8-5-10(13(19)20)12(25-8)17-11(18)14(21)22/h1-5,16H,6H2,(H,17,18)(H,19,20)(H,21,22). The smallest absolute Gasteiger partial charge is 0.394 e. The van der Waals surface area contributed by atoms with Crippen molar-refractivity contribution in [3.8, 4) is 0 Å². The first-order valence-corrected chi connectivity index (χ1v) is 9.43. The highest BCUT2D eigenvalue weighted by Crippen LogP contribution is 2.28. The molecule has 0 bridgehead atoms. The van der Waals surface area contributed by atoms with Crippen LogP contribution in [-0.2, 0) is 26.2 Å². The van der Waals surface area contributed by atoms with Gasteiger partial charge in [-0.25, -0.2) is 22.7 Å². The summed E-state index contributed by atoms with van der Waals surface area (Å²) in [5.41, 5.74) is -0.342. The Hall–Kier alpha value is -2.47. The van der Waals surface area contributed by atoms with E-state index >= 15 is 0 Å². The number of halogens is 1. The van der Waals surface area contributed by atoms with Crippen molar-refractivity contribution < 1.29 is 33.0 Å². The van der Waals surface area contributed by atoms with E-state index in [1.807, 2.05) is 5.32 Å². The summed E-state index contributed by atoms with van der Waals surface area (Å²) >= 11 is 6.45. The van der Waals surface area contributed by atoms with Crippen molar-refractivity contribution in [3.63, 3.8) is 0 Å². The fraction of sp³-hybridized carbons (Fsp3) is 0.0714. The van der Waals surface area contributed by atoms with Crippen molar-refractivity contribution in [2.24, 2.45) is 0 Å². The van der Waals surface area contributed by atoms with Crippen LogP contribution >= 0.6 is 22.9 Å². The van der Waals surface area contributed by atoms with Gasteiger partial charge in [0, 0.05) is 16.4 Å². The van der Waals surface area contributed by atoms with E-state index in [9.17, 15) is 22.8 Å². The average Bonchev–Trinajstić information content (AvgIpc) is 2.96. The van der Waals surface area contributed by atoms with Crippen LogP contribution in [0.1, 0.15) is 15.2 Å². The molecule has 0 aliphatic rings. The molecule has 1 amide bonds. The molecule has 0 aliphatic heterocycles. The Kier molecular flexibility index (Phi) is 5.97. The number of hydrogen-bond donors (Lipinski definition) is 4. The van der Waals surface area contributed by atoms with Crippen molar-refractivity contribution in [2.45, 2.75) is 11.4 Å². The summed E-state index contributed by atoms with van der Waals surface area (Å²) < 4.78 is 26.7. The van der Waals surface area contributed by atoms with Gasteiger partial charge < -0.3 is 15.5 Å². The molecule has 0 saturated carbocycles. The third-order valence-electron chi connectivity index (χ3n) is 3.00. The highest BCUT2D eigenvalue weighted by Gasteiger charge is 2.21. The van der Waals surface area contributed by atoms with E-state index in [2.05, 4.69) is 4.72 Å². The zero-order chi connectivity index (χ0) is 19.5. The number of carboxylic acids is 2. The normalized spacial score (nSPS) is 11.1. The van der Waals surface area contributed by atoms with E-state index in [-0.39, 0.29) is 26.9 Å². The number of rotatable bonds is 6. The first-order valence-electron chi connectivity index (χ1n) is 6.75. The van der Waals surface area contributed by atoms with Crippen LogP contribution in [0.5, 0.6) is 0 Å². The molecular formula is C14H11ClN2O7S2. The topological polar surface area (TPSA) is 150 Å². The fourth-order valence-corrected chi connectivity index (χ4v) is 4.01. The zero-order valence-corrected chi connectivity index (χ0v) is 15.1. The lowest BCUT2D eigenvalue weighted by Crippen LogP contribution is -2.22. The van der Waals surface area contributed by atoms with Crippen LogP contribution < -0.4 is 10.0 Å². The van der Waals surface area contributed by atoms with Gasteiger partial charge in [0.05, 0.1) is 10.5 Å². The highest BCUT2D eigenvalue weighted by molar-refractivity contribution is 7.89. The van der Waals surface area contributed by atoms with E-state index in [0.717, 1.165) is 17.4 Å². The monoisotopic (exact) mass is 418 g/mol. The molecule has 1 aromatic carbocycles.